The molecule has 1 aromatic heterocycles. The number of nitrogens with zero attached hydrogens (tertiary/aromatic N) is 1. The summed E-state index contributed by atoms with van der Waals surface area (Å²) in [5, 5.41) is 15.8. The fourth-order valence-corrected chi connectivity index (χ4v) is 3.74. The average molecular weight is 537 g/mol. The van der Waals surface area contributed by atoms with Gasteiger partial charge in [-0.25, -0.2) is 18.4 Å². The van der Waals surface area contributed by atoms with Gasteiger partial charge in [0, 0.05) is 5.56 Å². The molecule has 3 aromatic carbocycles. The molecule has 39 heavy (non-hydrogen) atoms. The third-order valence-electron chi connectivity index (χ3n) is 5.99. The second-order valence-corrected chi connectivity index (χ2v) is 9.32. The van der Waals surface area contributed by atoms with Gasteiger partial charge in [-0.3, -0.25) is 5.32 Å². The number of aromatic nitrogens is 1. The van der Waals surface area contributed by atoms with E-state index in [1.54, 1.807) is 38.1 Å². The van der Waals surface area contributed by atoms with Crippen LogP contribution in [0.25, 0.3) is 22.5 Å². The van der Waals surface area contributed by atoms with Gasteiger partial charge < -0.3 is 19.1 Å². The number of benzene rings is 3. The number of carboxylic acid groups (broad SMARTS) is 1. The number of anilines is 1. The van der Waals surface area contributed by atoms with Gasteiger partial charge >= 0.3 is 12.1 Å². The van der Waals surface area contributed by atoms with Crippen molar-refractivity contribution in [2.24, 2.45) is 0 Å². The van der Waals surface area contributed by atoms with Crippen LogP contribution in [-0.2, 0) is 9.53 Å². The van der Waals surface area contributed by atoms with E-state index >= 15 is 0 Å². The topological polar surface area (TPSA) is 111 Å². The number of aryl methyl sites for hydroxylation is 1. The average Bonchev–Trinajstić information content (AvgIpc) is 3.26. The monoisotopic (exact) mass is 536 g/mol. The van der Waals surface area contributed by atoms with Crippen molar-refractivity contribution in [2.75, 3.05) is 5.32 Å². The van der Waals surface area contributed by atoms with Crippen molar-refractivity contribution < 1.29 is 37.5 Å². The smallest absolute Gasteiger partial charge is 0.412 e. The molecule has 1 amide bonds. The Morgan fingerprint density at radius 2 is 1.56 bits per heavy atom. The predicted octanol–water partition coefficient (Wildman–Crippen LogP) is 7.15. The summed E-state index contributed by atoms with van der Waals surface area (Å²) >= 11 is 0. The molecule has 0 radical (unpaired) electrons. The Kier molecular flexibility index (Phi) is 7.66. The molecular formula is C29H26F2N2O6. The summed E-state index contributed by atoms with van der Waals surface area (Å²) in [5.41, 5.74) is 1.01. The molecule has 0 aliphatic rings. The van der Waals surface area contributed by atoms with Gasteiger partial charge in [-0.05, 0) is 56.5 Å². The van der Waals surface area contributed by atoms with Crippen LogP contribution in [-0.4, -0.2) is 27.9 Å². The maximum atomic E-state index is 14.7. The number of hydrogen-bond donors (Lipinski definition) is 2. The van der Waals surface area contributed by atoms with Crippen LogP contribution in [0.5, 0.6) is 5.75 Å². The molecule has 0 saturated heterocycles. The molecule has 4 aromatic rings. The van der Waals surface area contributed by atoms with Crippen molar-refractivity contribution in [3.63, 3.8) is 0 Å². The van der Waals surface area contributed by atoms with Gasteiger partial charge in [0.1, 0.15) is 17.5 Å². The number of ether oxygens (including phenoxy) is 2. The van der Waals surface area contributed by atoms with Gasteiger partial charge in [-0.1, -0.05) is 59.8 Å². The van der Waals surface area contributed by atoms with E-state index in [-0.39, 0.29) is 11.3 Å². The van der Waals surface area contributed by atoms with Crippen LogP contribution in [0.15, 0.2) is 71.3 Å². The summed E-state index contributed by atoms with van der Waals surface area (Å²) in [6.07, 6.45) is -1.17. The summed E-state index contributed by atoms with van der Waals surface area (Å²) in [6.45, 7) is 5.81. The van der Waals surface area contributed by atoms with Crippen LogP contribution >= 0.6 is 0 Å². The number of rotatable bonds is 8. The second-order valence-electron chi connectivity index (χ2n) is 9.32. The molecule has 4 rings (SSSR count). The van der Waals surface area contributed by atoms with Crippen LogP contribution in [0.4, 0.5) is 19.3 Å². The number of carboxylic acids is 1. The first-order valence-corrected chi connectivity index (χ1v) is 12.0. The van der Waals surface area contributed by atoms with E-state index in [0.717, 1.165) is 17.7 Å². The van der Waals surface area contributed by atoms with Crippen molar-refractivity contribution in [1.82, 2.24) is 5.16 Å². The van der Waals surface area contributed by atoms with Crippen molar-refractivity contribution in [3.8, 4) is 28.2 Å². The quantitative estimate of drug-likeness (QED) is 0.246. The molecule has 0 aliphatic heterocycles. The zero-order chi connectivity index (χ0) is 28.3. The summed E-state index contributed by atoms with van der Waals surface area (Å²) in [7, 11) is 0. The molecule has 1 heterocycles. The lowest BCUT2D eigenvalue weighted by Gasteiger charge is -2.22. The standard InChI is InChI=1S/C29H26F2N2O6/c1-16-24(32-28(36)37-17(2)18-8-6-5-7-9-18)25(39-33-16)20-12-10-19(11-13-20)21-14-22(30)26(23(31)15-21)38-29(3,4)27(34)35/h5-15,17H,1-4H3,(H,32,36)(H,34,35)/t17-/m1/s1. The van der Waals surface area contributed by atoms with Crippen molar-refractivity contribution in [2.45, 2.75) is 39.4 Å². The highest BCUT2D eigenvalue weighted by Gasteiger charge is 2.32. The van der Waals surface area contributed by atoms with Gasteiger partial charge in [-0.15, -0.1) is 0 Å². The zero-order valence-corrected chi connectivity index (χ0v) is 21.6. The molecule has 0 fully saturated rings. The molecule has 0 aliphatic carbocycles. The second kappa shape index (κ2) is 10.9. The van der Waals surface area contributed by atoms with Crippen LogP contribution in [0.3, 0.4) is 0 Å². The lowest BCUT2D eigenvalue weighted by molar-refractivity contribution is -0.152. The third kappa shape index (κ3) is 6.06. The Labute approximate surface area is 223 Å². The number of carbonyl (C=O) groups excluding carboxylic acids is 1. The summed E-state index contributed by atoms with van der Waals surface area (Å²) in [6, 6.07) is 17.9. The van der Waals surface area contributed by atoms with E-state index in [9.17, 15) is 23.5 Å². The molecular weight excluding hydrogens is 510 g/mol. The Morgan fingerprint density at radius 1 is 0.974 bits per heavy atom. The Morgan fingerprint density at radius 3 is 2.15 bits per heavy atom. The normalized spacial score (nSPS) is 12.1. The van der Waals surface area contributed by atoms with Crippen LogP contribution in [0, 0.1) is 18.6 Å². The third-order valence-corrected chi connectivity index (χ3v) is 5.99. The molecule has 202 valence electrons. The van der Waals surface area contributed by atoms with Crippen LogP contribution in [0.2, 0.25) is 0 Å². The first kappa shape index (κ1) is 27.3. The highest BCUT2D eigenvalue weighted by molar-refractivity contribution is 5.91. The van der Waals surface area contributed by atoms with Crippen LogP contribution in [0.1, 0.15) is 38.1 Å². The molecule has 0 unspecified atom stereocenters. The van der Waals surface area contributed by atoms with Gasteiger partial charge in [0.05, 0.1) is 0 Å². The van der Waals surface area contributed by atoms with E-state index in [2.05, 4.69) is 10.5 Å². The van der Waals surface area contributed by atoms with Gasteiger partial charge in [0.25, 0.3) is 0 Å². The molecule has 10 heteroatoms. The highest BCUT2D eigenvalue weighted by Crippen LogP contribution is 2.35. The lowest BCUT2D eigenvalue weighted by Crippen LogP contribution is -2.38. The maximum Gasteiger partial charge on any atom is 0.412 e. The molecule has 2 N–H and O–H groups in total. The van der Waals surface area contributed by atoms with Gasteiger partial charge in [0.15, 0.2) is 28.7 Å². The predicted molar refractivity (Wildman–Crippen MR) is 139 cm³/mol. The number of amides is 1. The van der Waals surface area contributed by atoms with E-state index in [1.165, 1.54) is 13.8 Å². The minimum absolute atomic E-state index is 0.211. The lowest BCUT2D eigenvalue weighted by atomic mass is 10.0. The minimum atomic E-state index is -1.82. The molecule has 0 saturated carbocycles. The fraction of sp³-hybridized carbons (Fsp3) is 0.207. The maximum absolute atomic E-state index is 14.7. The summed E-state index contributed by atoms with van der Waals surface area (Å²) in [4.78, 5) is 23.8. The summed E-state index contributed by atoms with van der Waals surface area (Å²) < 4.78 is 45.3. The Hall–Kier alpha value is -4.73. The number of aliphatic carboxylic acids is 1. The fourth-order valence-electron chi connectivity index (χ4n) is 3.74. The zero-order valence-electron chi connectivity index (χ0n) is 21.6. The molecule has 0 bridgehead atoms. The SMILES string of the molecule is Cc1noc(-c2ccc(-c3cc(F)c(OC(C)(C)C(=O)O)c(F)c3)cc2)c1NC(=O)O[C@H](C)c1ccccc1. The summed E-state index contributed by atoms with van der Waals surface area (Å²) in [5.74, 6) is -3.94. The number of carbonyl (C=O) groups is 2. The molecule has 0 spiro atoms. The number of halogens is 2. The first-order valence-electron chi connectivity index (χ1n) is 12.0. The number of nitrogens with one attached hydrogen (secondary N) is 1. The van der Waals surface area contributed by atoms with Crippen molar-refractivity contribution in [3.05, 3.63) is 89.6 Å². The number of hydrogen-bond acceptors (Lipinski definition) is 6. The van der Waals surface area contributed by atoms with Crippen molar-refractivity contribution in [1.29, 1.82) is 0 Å². The highest BCUT2D eigenvalue weighted by atomic mass is 19.1. The van der Waals surface area contributed by atoms with Crippen molar-refractivity contribution >= 4 is 17.7 Å². The Bertz CT molecular complexity index is 1480. The van der Waals surface area contributed by atoms with Gasteiger partial charge in [-0.2, -0.15) is 0 Å². The first-order chi connectivity index (χ1) is 18.5. The van der Waals surface area contributed by atoms with E-state index in [0.29, 0.717) is 22.5 Å². The molecule has 8 nitrogen and oxygen atoms in total. The largest absolute Gasteiger partial charge is 0.478 e. The van der Waals surface area contributed by atoms with Gasteiger partial charge in [0.2, 0.25) is 0 Å². The van der Waals surface area contributed by atoms with E-state index < -0.39 is 41.2 Å². The van der Waals surface area contributed by atoms with E-state index in [4.69, 9.17) is 14.0 Å². The molecule has 1 atom stereocenters. The minimum Gasteiger partial charge on any atom is -0.478 e. The van der Waals surface area contributed by atoms with Crippen LogP contribution < -0.4 is 10.1 Å². The Balaban J connectivity index is 1.52. The van der Waals surface area contributed by atoms with E-state index in [1.807, 2.05) is 30.3 Å².